The first kappa shape index (κ1) is 21.4. The number of nitrogens with one attached hydrogen (secondary N) is 1. The van der Waals surface area contributed by atoms with Crippen molar-refractivity contribution in [3.63, 3.8) is 0 Å². The number of pyridine rings is 1. The fraction of sp³-hybridized carbons (Fsp3) is 0.115. The van der Waals surface area contributed by atoms with E-state index in [4.69, 9.17) is 9.26 Å². The molecule has 1 N–H and O–H groups in total. The van der Waals surface area contributed by atoms with Gasteiger partial charge in [-0.05, 0) is 30.7 Å². The topological polar surface area (TPSA) is 103 Å². The monoisotopic (exact) mass is 451 g/mol. The molecule has 34 heavy (non-hydrogen) atoms. The zero-order chi connectivity index (χ0) is 23.5. The SMILES string of the molecule is CO[C@](C(=O)Nc1cccc(-c2cnnc3ccccc23)n1)(c1ccon1)c1ccccc1C. The number of anilines is 1. The van der Waals surface area contributed by atoms with Crippen molar-refractivity contribution in [2.24, 2.45) is 0 Å². The molecule has 0 bridgehead atoms. The number of methoxy groups -OCH3 is 1. The van der Waals surface area contributed by atoms with E-state index in [2.05, 4.69) is 25.7 Å². The molecule has 2 aromatic carbocycles. The number of ether oxygens (including phenoxy) is 1. The fourth-order valence-electron chi connectivity index (χ4n) is 4.12. The number of nitrogens with zero attached hydrogens (tertiary/aromatic N) is 4. The van der Waals surface area contributed by atoms with Crippen LogP contribution in [0.2, 0.25) is 0 Å². The molecular formula is C26H21N5O3. The van der Waals surface area contributed by atoms with Gasteiger partial charge in [0.25, 0.3) is 5.91 Å². The first-order valence-corrected chi connectivity index (χ1v) is 10.6. The Hall–Kier alpha value is -4.43. The van der Waals surface area contributed by atoms with Crippen LogP contribution in [0.3, 0.4) is 0 Å². The molecule has 3 aromatic heterocycles. The van der Waals surface area contributed by atoms with Crippen molar-refractivity contribution in [2.75, 3.05) is 12.4 Å². The Bertz CT molecular complexity index is 1460. The molecular weight excluding hydrogens is 430 g/mol. The van der Waals surface area contributed by atoms with Crippen molar-refractivity contribution in [1.29, 1.82) is 0 Å². The third kappa shape index (κ3) is 3.60. The summed E-state index contributed by atoms with van der Waals surface area (Å²) in [7, 11) is 1.47. The van der Waals surface area contributed by atoms with Gasteiger partial charge in [0.05, 0.1) is 17.4 Å². The highest BCUT2D eigenvalue weighted by molar-refractivity contribution is 6.00. The smallest absolute Gasteiger partial charge is 0.268 e. The van der Waals surface area contributed by atoms with E-state index < -0.39 is 11.5 Å². The predicted molar refractivity (Wildman–Crippen MR) is 127 cm³/mol. The minimum atomic E-state index is -1.53. The van der Waals surface area contributed by atoms with Gasteiger partial charge < -0.3 is 14.6 Å². The van der Waals surface area contributed by atoms with E-state index in [1.165, 1.54) is 13.4 Å². The van der Waals surface area contributed by atoms with Crippen molar-refractivity contribution in [3.8, 4) is 11.3 Å². The summed E-state index contributed by atoms with van der Waals surface area (Å²) in [6, 6.07) is 22.2. The average Bonchev–Trinajstić information content (AvgIpc) is 3.41. The van der Waals surface area contributed by atoms with Gasteiger partial charge in [0.2, 0.25) is 5.60 Å². The second kappa shape index (κ2) is 8.84. The number of benzene rings is 2. The van der Waals surface area contributed by atoms with Gasteiger partial charge in [-0.2, -0.15) is 10.2 Å². The van der Waals surface area contributed by atoms with E-state index in [1.807, 2.05) is 67.6 Å². The Labute approximate surface area is 195 Å². The Morgan fingerprint density at radius 2 is 1.82 bits per heavy atom. The summed E-state index contributed by atoms with van der Waals surface area (Å²) in [6.07, 6.45) is 3.08. The van der Waals surface area contributed by atoms with Crippen molar-refractivity contribution in [2.45, 2.75) is 12.5 Å². The molecule has 1 atom stereocenters. The molecule has 5 aromatic rings. The van der Waals surface area contributed by atoms with Crippen molar-refractivity contribution >= 4 is 22.6 Å². The number of carbonyl (C=O) groups excluding carboxylic acids is 1. The molecule has 0 aliphatic heterocycles. The summed E-state index contributed by atoms with van der Waals surface area (Å²) < 4.78 is 10.9. The summed E-state index contributed by atoms with van der Waals surface area (Å²) >= 11 is 0. The molecule has 0 saturated heterocycles. The van der Waals surface area contributed by atoms with E-state index in [0.29, 0.717) is 22.8 Å². The van der Waals surface area contributed by atoms with Crippen LogP contribution in [-0.2, 0) is 15.1 Å². The van der Waals surface area contributed by atoms with E-state index in [1.54, 1.807) is 18.3 Å². The molecule has 168 valence electrons. The summed E-state index contributed by atoms with van der Waals surface area (Å²) in [5, 5.41) is 16.1. The number of aryl methyl sites for hydroxylation is 1. The molecule has 8 nitrogen and oxygen atoms in total. The molecule has 0 unspecified atom stereocenters. The Morgan fingerprint density at radius 1 is 1.00 bits per heavy atom. The van der Waals surface area contributed by atoms with Crippen LogP contribution in [0.5, 0.6) is 0 Å². The van der Waals surface area contributed by atoms with Crippen molar-refractivity contribution in [3.05, 3.63) is 102 Å². The first-order valence-electron chi connectivity index (χ1n) is 10.6. The minimum absolute atomic E-state index is 0.335. The lowest BCUT2D eigenvalue weighted by Crippen LogP contribution is -2.44. The molecule has 5 rings (SSSR count). The number of amides is 1. The minimum Gasteiger partial charge on any atom is -0.364 e. The van der Waals surface area contributed by atoms with Crippen LogP contribution in [0.4, 0.5) is 5.82 Å². The van der Waals surface area contributed by atoms with Gasteiger partial charge in [-0.1, -0.05) is 53.7 Å². The number of carbonyl (C=O) groups is 1. The van der Waals surface area contributed by atoms with Crippen molar-refractivity contribution < 1.29 is 14.1 Å². The van der Waals surface area contributed by atoms with E-state index >= 15 is 0 Å². The third-order valence-electron chi connectivity index (χ3n) is 5.76. The maximum Gasteiger partial charge on any atom is 0.268 e. The zero-order valence-corrected chi connectivity index (χ0v) is 18.6. The summed E-state index contributed by atoms with van der Waals surface area (Å²) in [5.41, 5.74) is 2.57. The largest absolute Gasteiger partial charge is 0.364 e. The van der Waals surface area contributed by atoms with Crippen LogP contribution in [0.1, 0.15) is 16.8 Å². The standard InChI is InChI=1S/C26H21N5O3/c1-17-8-3-5-10-20(17)26(33-2,23-14-15-34-31-23)25(32)29-24-13-7-12-21(28-24)19-16-27-30-22-11-6-4-9-18(19)22/h3-16H,1-2H3,(H,28,29,32)/t26-/m0/s1. The molecule has 0 spiro atoms. The lowest BCUT2D eigenvalue weighted by atomic mass is 9.86. The van der Waals surface area contributed by atoms with Gasteiger partial charge >= 0.3 is 0 Å². The van der Waals surface area contributed by atoms with Crippen LogP contribution in [0.15, 0.2) is 89.8 Å². The van der Waals surface area contributed by atoms with Gasteiger partial charge in [0.1, 0.15) is 17.8 Å². The lowest BCUT2D eigenvalue weighted by molar-refractivity contribution is -0.134. The number of fused-ring (bicyclic) bond motifs is 1. The Balaban J connectivity index is 1.56. The number of aromatic nitrogens is 4. The van der Waals surface area contributed by atoms with E-state index in [0.717, 1.165) is 22.0 Å². The molecule has 1 amide bonds. The van der Waals surface area contributed by atoms with E-state index in [-0.39, 0.29) is 0 Å². The van der Waals surface area contributed by atoms with Crippen molar-refractivity contribution in [1.82, 2.24) is 20.3 Å². The molecule has 0 saturated carbocycles. The van der Waals surface area contributed by atoms with Gasteiger partial charge in [-0.25, -0.2) is 4.98 Å². The second-order valence-corrected chi connectivity index (χ2v) is 7.72. The fourth-order valence-corrected chi connectivity index (χ4v) is 4.12. The molecule has 3 heterocycles. The van der Waals surface area contributed by atoms with Gasteiger partial charge in [0.15, 0.2) is 0 Å². The predicted octanol–water partition coefficient (Wildman–Crippen LogP) is 4.52. The maximum atomic E-state index is 13.8. The highest BCUT2D eigenvalue weighted by atomic mass is 16.5. The quantitative estimate of drug-likeness (QED) is 0.405. The lowest BCUT2D eigenvalue weighted by Gasteiger charge is -2.30. The van der Waals surface area contributed by atoms with E-state index in [9.17, 15) is 4.79 Å². The van der Waals surface area contributed by atoms with Crippen LogP contribution in [0.25, 0.3) is 22.2 Å². The first-order chi connectivity index (χ1) is 16.6. The molecule has 0 aliphatic rings. The van der Waals surface area contributed by atoms with Gasteiger partial charge in [0, 0.05) is 29.7 Å². The number of rotatable bonds is 6. The Morgan fingerprint density at radius 3 is 2.62 bits per heavy atom. The second-order valence-electron chi connectivity index (χ2n) is 7.72. The van der Waals surface area contributed by atoms with Crippen LogP contribution in [0, 0.1) is 6.92 Å². The maximum absolute atomic E-state index is 13.8. The molecule has 0 fully saturated rings. The summed E-state index contributed by atoms with van der Waals surface area (Å²) in [5.74, 6) is -0.0811. The van der Waals surface area contributed by atoms with Crippen LogP contribution >= 0.6 is 0 Å². The highest BCUT2D eigenvalue weighted by Gasteiger charge is 2.46. The molecule has 8 heteroatoms. The van der Waals surface area contributed by atoms with Gasteiger partial charge in [-0.15, -0.1) is 0 Å². The van der Waals surface area contributed by atoms with Crippen LogP contribution in [-0.4, -0.2) is 33.4 Å². The normalized spacial score (nSPS) is 12.9. The number of hydrogen-bond donors (Lipinski definition) is 1. The number of hydrogen-bond acceptors (Lipinski definition) is 7. The third-order valence-corrected chi connectivity index (χ3v) is 5.76. The molecule has 0 aliphatic carbocycles. The van der Waals surface area contributed by atoms with Crippen LogP contribution < -0.4 is 5.32 Å². The zero-order valence-electron chi connectivity index (χ0n) is 18.6. The molecule has 0 radical (unpaired) electrons. The summed E-state index contributed by atoms with van der Waals surface area (Å²) in [6.45, 7) is 1.91. The average molecular weight is 451 g/mol. The summed E-state index contributed by atoms with van der Waals surface area (Å²) in [4.78, 5) is 18.5. The highest BCUT2D eigenvalue weighted by Crippen LogP contribution is 2.36. The van der Waals surface area contributed by atoms with Gasteiger partial charge in [-0.3, -0.25) is 4.79 Å². The Kier molecular flexibility index (Phi) is 5.57.